The molecule has 1 unspecified atom stereocenters. The summed E-state index contributed by atoms with van der Waals surface area (Å²) >= 11 is 0. The highest BCUT2D eigenvalue weighted by atomic mass is 15.1. The Hall–Kier alpha value is -1.22. The summed E-state index contributed by atoms with van der Waals surface area (Å²) in [6.07, 6.45) is 3.03. The number of anilines is 2. The lowest BCUT2D eigenvalue weighted by Gasteiger charge is -2.36. The number of rotatable bonds is 2. The van der Waals surface area contributed by atoms with Crippen LogP contribution in [0.4, 0.5) is 11.4 Å². The SMILES string of the molecule is CCC1(N)CCc2cc(N(C)C)ccc2N1. The van der Waals surface area contributed by atoms with E-state index in [9.17, 15) is 0 Å². The van der Waals surface area contributed by atoms with Crippen LogP contribution in [0, 0.1) is 0 Å². The van der Waals surface area contributed by atoms with Gasteiger partial charge < -0.3 is 16.0 Å². The molecule has 88 valence electrons. The Morgan fingerprint density at radius 1 is 1.44 bits per heavy atom. The predicted octanol–water partition coefficient (Wildman–Crippen LogP) is 2.18. The molecule has 16 heavy (non-hydrogen) atoms. The predicted molar refractivity (Wildman–Crippen MR) is 69.9 cm³/mol. The first-order chi connectivity index (χ1) is 7.54. The van der Waals surface area contributed by atoms with Crippen molar-refractivity contribution in [2.75, 3.05) is 24.3 Å². The minimum Gasteiger partial charge on any atom is -0.378 e. The first-order valence-electron chi connectivity index (χ1n) is 5.91. The van der Waals surface area contributed by atoms with Gasteiger partial charge in [-0.25, -0.2) is 0 Å². The molecule has 1 aliphatic heterocycles. The molecule has 0 aromatic heterocycles. The first-order valence-corrected chi connectivity index (χ1v) is 5.91. The van der Waals surface area contributed by atoms with Gasteiger partial charge in [0.25, 0.3) is 0 Å². The Morgan fingerprint density at radius 2 is 2.19 bits per heavy atom. The van der Waals surface area contributed by atoms with Crippen molar-refractivity contribution >= 4 is 11.4 Å². The molecule has 1 aromatic rings. The van der Waals surface area contributed by atoms with Crippen molar-refractivity contribution in [3.63, 3.8) is 0 Å². The molecule has 1 aliphatic rings. The zero-order valence-corrected chi connectivity index (χ0v) is 10.4. The smallest absolute Gasteiger partial charge is 0.0857 e. The Balaban J connectivity index is 2.29. The highest BCUT2D eigenvalue weighted by molar-refractivity contribution is 5.62. The third kappa shape index (κ3) is 2.00. The van der Waals surface area contributed by atoms with E-state index in [1.807, 2.05) is 0 Å². The van der Waals surface area contributed by atoms with E-state index in [4.69, 9.17) is 5.73 Å². The first kappa shape index (κ1) is 11.3. The summed E-state index contributed by atoms with van der Waals surface area (Å²) in [5, 5.41) is 3.45. The van der Waals surface area contributed by atoms with Gasteiger partial charge in [-0.05, 0) is 43.0 Å². The number of fused-ring (bicyclic) bond motifs is 1. The van der Waals surface area contributed by atoms with Crippen LogP contribution in [-0.4, -0.2) is 19.8 Å². The summed E-state index contributed by atoms with van der Waals surface area (Å²) in [7, 11) is 4.13. The number of nitrogens with zero attached hydrogens (tertiary/aromatic N) is 1. The fourth-order valence-electron chi connectivity index (χ4n) is 2.14. The molecule has 3 heteroatoms. The van der Waals surface area contributed by atoms with Crippen LogP contribution in [-0.2, 0) is 6.42 Å². The Morgan fingerprint density at radius 3 is 2.81 bits per heavy atom. The quantitative estimate of drug-likeness (QED) is 0.801. The van der Waals surface area contributed by atoms with Crippen molar-refractivity contribution in [3.05, 3.63) is 23.8 Å². The normalized spacial score (nSPS) is 23.5. The van der Waals surface area contributed by atoms with Crippen LogP contribution in [0.1, 0.15) is 25.3 Å². The van der Waals surface area contributed by atoms with E-state index in [0.717, 1.165) is 19.3 Å². The molecule has 0 aliphatic carbocycles. The molecule has 1 heterocycles. The summed E-state index contributed by atoms with van der Waals surface area (Å²) < 4.78 is 0. The Bertz CT molecular complexity index is 387. The van der Waals surface area contributed by atoms with Gasteiger partial charge >= 0.3 is 0 Å². The standard InChI is InChI=1S/C13H21N3/c1-4-13(14)8-7-10-9-11(16(2)3)5-6-12(10)15-13/h5-6,9,15H,4,7-8,14H2,1-3H3. The second-order valence-corrected chi connectivity index (χ2v) is 4.87. The lowest BCUT2D eigenvalue weighted by Crippen LogP contribution is -2.49. The van der Waals surface area contributed by atoms with Crippen molar-refractivity contribution < 1.29 is 0 Å². The molecule has 0 radical (unpaired) electrons. The largest absolute Gasteiger partial charge is 0.378 e. The fraction of sp³-hybridized carbons (Fsp3) is 0.538. The van der Waals surface area contributed by atoms with Crippen LogP contribution in [0.3, 0.4) is 0 Å². The van der Waals surface area contributed by atoms with E-state index in [2.05, 4.69) is 49.4 Å². The third-order valence-electron chi connectivity index (χ3n) is 3.46. The van der Waals surface area contributed by atoms with E-state index >= 15 is 0 Å². The van der Waals surface area contributed by atoms with Gasteiger partial charge in [-0.1, -0.05) is 6.92 Å². The number of nitrogens with two attached hydrogens (primary N) is 1. The van der Waals surface area contributed by atoms with Crippen LogP contribution >= 0.6 is 0 Å². The van der Waals surface area contributed by atoms with Crippen LogP contribution in [0.5, 0.6) is 0 Å². The molecule has 3 N–H and O–H groups in total. The van der Waals surface area contributed by atoms with Gasteiger partial charge in [0.15, 0.2) is 0 Å². The van der Waals surface area contributed by atoms with Crippen molar-refractivity contribution in [2.24, 2.45) is 5.73 Å². The molecule has 0 amide bonds. The number of hydrogen-bond acceptors (Lipinski definition) is 3. The van der Waals surface area contributed by atoms with Crippen LogP contribution in [0.15, 0.2) is 18.2 Å². The second-order valence-electron chi connectivity index (χ2n) is 4.87. The van der Waals surface area contributed by atoms with Crippen LogP contribution in [0.25, 0.3) is 0 Å². The molecule has 1 atom stereocenters. The molecule has 0 fully saturated rings. The summed E-state index contributed by atoms with van der Waals surface area (Å²) in [6, 6.07) is 6.52. The highest BCUT2D eigenvalue weighted by Gasteiger charge is 2.27. The van der Waals surface area contributed by atoms with Gasteiger partial charge in [-0.3, -0.25) is 0 Å². The minimum atomic E-state index is -0.216. The summed E-state index contributed by atoms with van der Waals surface area (Å²) in [6.45, 7) is 2.13. The van der Waals surface area contributed by atoms with Gasteiger partial charge in [0.05, 0.1) is 5.66 Å². The van der Waals surface area contributed by atoms with E-state index in [1.54, 1.807) is 0 Å². The van der Waals surface area contributed by atoms with Crippen LogP contribution in [0.2, 0.25) is 0 Å². The zero-order chi connectivity index (χ0) is 11.8. The number of nitrogens with one attached hydrogen (secondary N) is 1. The summed E-state index contributed by atoms with van der Waals surface area (Å²) in [5.74, 6) is 0. The van der Waals surface area contributed by atoms with E-state index in [1.165, 1.54) is 16.9 Å². The third-order valence-corrected chi connectivity index (χ3v) is 3.46. The Labute approximate surface area is 97.6 Å². The van der Waals surface area contributed by atoms with Crippen molar-refractivity contribution in [2.45, 2.75) is 31.8 Å². The highest BCUT2D eigenvalue weighted by Crippen LogP contribution is 2.32. The number of hydrogen-bond donors (Lipinski definition) is 2. The van der Waals surface area contributed by atoms with Gasteiger partial charge in [0, 0.05) is 25.5 Å². The molecule has 0 saturated carbocycles. The molecule has 1 aromatic carbocycles. The van der Waals surface area contributed by atoms with Crippen molar-refractivity contribution in [1.82, 2.24) is 0 Å². The number of benzene rings is 1. The van der Waals surface area contributed by atoms with Gasteiger partial charge in [0.1, 0.15) is 0 Å². The molecular weight excluding hydrogens is 198 g/mol. The molecule has 2 rings (SSSR count). The maximum absolute atomic E-state index is 6.25. The van der Waals surface area contributed by atoms with Gasteiger partial charge in [-0.2, -0.15) is 0 Å². The molecule has 3 nitrogen and oxygen atoms in total. The fourth-order valence-corrected chi connectivity index (χ4v) is 2.14. The van der Waals surface area contributed by atoms with E-state index in [0.29, 0.717) is 0 Å². The molecule has 0 bridgehead atoms. The van der Waals surface area contributed by atoms with Crippen molar-refractivity contribution in [3.8, 4) is 0 Å². The van der Waals surface area contributed by atoms with Gasteiger partial charge in [-0.15, -0.1) is 0 Å². The summed E-state index contributed by atoms with van der Waals surface area (Å²) in [5.41, 5.74) is 9.86. The van der Waals surface area contributed by atoms with Crippen molar-refractivity contribution in [1.29, 1.82) is 0 Å². The monoisotopic (exact) mass is 219 g/mol. The van der Waals surface area contributed by atoms with E-state index in [-0.39, 0.29) is 5.66 Å². The zero-order valence-electron chi connectivity index (χ0n) is 10.4. The lowest BCUT2D eigenvalue weighted by atomic mass is 9.91. The average Bonchev–Trinajstić information content (AvgIpc) is 2.28. The molecule has 0 saturated heterocycles. The van der Waals surface area contributed by atoms with Gasteiger partial charge in [0.2, 0.25) is 0 Å². The molecule has 0 spiro atoms. The molecular formula is C13H21N3. The lowest BCUT2D eigenvalue weighted by molar-refractivity contribution is 0.420. The van der Waals surface area contributed by atoms with Crippen LogP contribution < -0.4 is 16.0 Å². The number of aryl methyl sites for hydroxylation is 1. The Kier molecular flexibility index (Phi) is 2.80. The maximum atomic E-state index is 6.25. The average molecular weight is 219 g/mol. The second kappa shape index (κ2) is 3.98. The summed E-state index contributed by atoms with van der Waals surface area (Å²) in [4.78, 5) is 2.13. The van der Waals surface area contributed by atoms with E-state index < -0.39 is 0 Å². The topological polar surface area (TPSA) is 41.3 Å². The maximum Gasteiger partial charge on any atom is 0.0857 e. The minimum absolute atomic E-state index is 0.216.